The molecule has 0 spiro atoms. The van der Waals surface area contributed by atoms with Gasteiger partial charge in [-0.2, -0.15) is 0 Å². The van der Waals surface area contributed by atoms with E-state index in [0.29, 0.717) is 18.5 Å². The maximum absolute atomic E-state index is 14.2. The summed E-state index contributed by atoms with van der Waals surface area (Å²) in [7, 11) is -3.79. The number of aryl methyl sites for hydroxylation is 1. The highest BCUT2D eigenvalue weighted by atomic mass is 32.2. The van der Waals surface area contributed by atoms with Gasteiger partial charge in [0.25, 0.3) is 0 Å². The van der Waals surface area contributed by atoms with Crippen LogP contribution in [0.25, 0.3) is 0 Å². The van der Waals surface area contributed by atoms with Crippen molar-refractivity contribution < 1.29 is 18.0 Å². The molecule has 1 atom stereocenters. The number of hydrogen-bond acceptors (Lipinski definition) is 4. The molecule has 1 aliphatic rings. The number of amides is 2. The van der Waals surface area contributed by atoms with Crippen LogP contribution < -0.4 is 9.62 Å². The summed E-state index contributed by atoms with van der Waals surface area (Å²) < 4.78 is 27.3. The zero-order valence-electron chi connectivity index (χ0n) is 24.0. The summed E-state index contributed by atoms with van der Waals surface area (Å²) in [6.45, 7) is 1.74. The third kappa shape index (κ3) is 8.43. The van der Waals surface area contributed by atoms with Gasteiger partial charge in [-0.05, 0) is 42.0 Å². The molecule has 8 heteroatoms. The average Bonchev–Trinajstić information content (AvgIpc) is 2.98. The fourth-order valence-corrected chi connectivity index (χ4v) is 6.41. The first-order valence-electron chi connectivity index (χ1n) is 14.5. The van der Waals surface area contributed by atoms with Crippen molar-refractivity contribution in [1.82, 2.24) is 10.2 Å². The minimum atomic E-state index is -3.79. The zero-order valence-corrected chi connectivity index (χ0v) is 24.9. The average molecular weight is 576 g/mol. The van der Waals surface area contributed by atoms with E-state index in [1.807, 2.05) is 79.7 Å². The van der Waals surface area contributed by atoms with E-state index in [2.05, 4.69) is 5.32 Å². The molecule has 1 fully saturated rings. The van der Waals surface area contributed by atoms with Crippen LogP contribution in [-0.4, -0.2) is 50.0 Å². The number of benzene rings is 3. The SMILES string of the molecule is CCc1ccccc1N(CC(=O)N(Cc1ccccc1)C(Cc1ccccc1)C(=O)NC1CCCCC1)S(C)(=O)=O. The van der Waals surface area contributed by atoms with Crippen molar-refractivity contribution in [2.24, 2.45) is 0 Å². The summed E-state index contributed by atoms with van der Waals surface area (Å²) in [4.78, 5) is 29.8. The Kier molecular flexibility index (Phi) is 10.6. The smallest absolute Gasteiger partial charge is 0.244 e. The van der Waals surface area contributed by atoms with Gasteiger partial charge in [-0.25, -0.2) is 8.42 Å². The van der Waals surface area contributed by atoms with E-state index in [1.54, 1.807) is 17.0 Å². The highest BCUT2D eigenvalue weighted by Crippen LogP contribution is 2.25. The monoisotopic (exact) mass is 575 g/mol. The number of nitrogens with zero attached hydrogens (tertiary/aromatic N) is 2. The Morgan fingerprint density at radius 3 is 2.05 bits per heavy atom. The van der Waals surface area contributed by atoms with E-state index in [-0.39, 0.29) is 18.5 Å². The van der Waals surface area contributed by atoms with E-state index >= 15 is 0 Å². The number of carbonyl (C=O) groups excluding carboxylic acids is 2. The molecule has 1 saturated carbocycles. The number of nitrogens with one attached hydrogen (secondary N) is 1. The Morgan fingerprint density at radius 1 is 0.854 bits per heavy atom. The van der Waals surface area contributed by atoms with E-state index < -0.39 is 28.5 Å². The Morgan fingerprint density at radius 2 is 1.44 bits per heavy atom. The standard InChI is InChI=1S/C33H41N3O4S/c1-3-28-19-13-14-22-30(28)36(41(2,39)40)25-32(37)35(24-27-17-9-5-10-18-27)31(23-26-15-7-4-8-16-26)33(38)34-29-20-11-6-12-21-29/h4-5,7-10,13-19,22,29,31H,3,6,11-12,20-21,23-25H2,1-2H3,(H,34,38). The van der Waals surface area contributed by atoms with Crippen LogP contribution in [0.4, 0.5) is 5.69 Å². The molecule has 1 aliphatic carbocycles. The molecule has 0 heterocycles. The Labute approximate surface area is 244 Å². The molecule has 1 unspecified atom stereocenters. The van der Waals surface area contributed by atoms with E-state index in [9.17, 15) is 18.0 Å². The first kappa shape index (κ1) is 30.3. The van der Waals surface area contributed by atoms with E-state index in [1.165, 1.54) is 10.7 Å². The van der Waals surface area contributed by atoms with Crippen LogP contribution in [0, 0.1) is 0 Å². The maximum Gasteiger partial charge on any atom is 0.244 e. The summed E-state index contributed by atoms with van der Waals surface area (Å²) in [6, 6.07) is 25.7. The molecular weight excluding hydrogens is 534 g/mol. The summed E-state index contributed by atoms with van der Waals surface area (Å²) in [5, 5.41) is 3.23. The first-order valence-corrected chi connectivity index (χ1v) is 16.3. The fourth-order valence-electron chi connectivity index (χ4n) is 5.53. The number of carbonyl (C=O) groups is 2. The van der Waals surface area contributed by atoms with E-state index in [4.69, 9.17) is 0 Å². The van der Waals surface area contributed by atoms with Gasteiger partial charge in [0, 0.05) is 19.0 Å². The minimum Gasteiger partial charge on any atom is -0.352 e. The topological polar surface area (TPSA) is 86.8 Å². The van der Waals surface area contributed by atoms with Crippen LogP contribution in [-0.2, 0) is 39.0 Å². The molecule has 2 amide bonds. The lowest BCUT2D eigenvalue weighted by atomic mass is 9.94. The molecule has 41 heavy (non-hydrogen) atoms. The molecule has 3 aromatic rings. The summed E-state index contributed by atoms with van der Waals surface area (Å²) in [5.41, 5.74) is 3.11. The molecule has 1 N–H and O–H groups in total. The van der Waals surface area contributed by atoms with Gasteiger partial charge >= 0.3 is 0 Å². The Bertz CT molecular complexity index is 1390. The Balaban J connectivity index is 1.72. The Hall–Kier alpha value is -3.65. The van der Waals surface area contributed by atoms with Gasteiger partial charge in [0.05, 0.1) is 11.9 Å². The number of anilines is 1. The van der Waals surface area contributed by atoms with E-state index in [0.717, 1.165) is 48.6 Å². The largest absolute Gasteiger partial charge is 0.352 e. The molecule has 0 radical (unpaired) electrons. The zero-order chi connectivity index (χ0) is 29.2. The molecule has 3 aromatic carbocycles. The molecule has 0 aromatic heterocycles. The van der Waals surface area contributed by atoms with Crippen molar-refractivity contribution in [1.29, 1.82) is 0 Å². The second kappa shape index (κ2) is 14.3. The molecule has 4 rings (SSSR count). The molecule has 0 saturated heterocycles. The lowest BCUT2D eigenvalue weighted by Crippen LogP contribution is -2.55. The second-order valence-electron chi connectivity index (χ2n) is 10.8. The highest BCUT2D eigenvalue weighted by molar-refractivity contribution is 7.92. The van der Waals surface area contributed by atoms with Gasteiger partial charge in [-0.3, -0.25) is 13.9 Å². The van der Waals surface area contributed by atoms with Crippen LogP contribution in [0.15, 0.2) is 84.9 Å². The lowest BCUT2D eigenvalue weighted by molar-refractivity contribution is -0.140. The predicted molar refractivity (Wildman–Crippen MR) is 164 cm³/mol. The minimum absolute atomic E-state index is 0.0761. The number of sulfonamides is 1. The van der Waals surface area contributed by atoms with Crippen molar-refractivity contribution >= 4 is 27.5 Å². The maximum atomic E-state index is 14.2. The molecule has 218 valence electrons. The number of rotatable bonds is 12. The van der Waals surface area contributed by atoms with Crippen molar-refractivity contribution in [2.75, 3.05) is 17.1 Å². The number of para-hydroxylation sites is 1. The molecule has 0 bridgehead atoms. The molecular formula is C33H41N3O4S. The third-order valence-electron chi connectivity index (χ3n) is 7.74. The van der Waals surface area contributed by atoms with Gasteiger partial charge in [-0.1, -0.05) is 105 Å². The van der Waals surface area contributed by atoms with Gasteiger partial charge in [0.15, 0.2) is 0 Å². The van der Waals surface area contributed by atoms with Crippen LogP contribution in [0.5, 0.6) is 0 Å². The van der Waals surface area contributed by atoms with Crippen LogP contribution in [0.2, 0.25) is 0 Å². The lowest BCUT2D eigenvalue weighted by Gasteiger charge is -2.35. The van der Waals surface area contributed by atoms with Gasteiger partial charge in [0.2, 0.25) is 21.8 Å². The normalized spacial score (nSPS) is 14.7. The highest BCUT2D eigenvalue weighted by Gasteiger charge is 2.34. The van der Waals surface area contributed by atoms with Crippen LogP contribution in [0.3, 0.4) is 0 Å². The van der Waals surface area contributed by atoms with Crippen LogP contribution in [0.1, 0.15) is 55.7 Å². The molecule has 0 aliphatic heterocycles. The molecule has 7 nitrogen and oxygen atoms in total. The van der Waals surface area contributed by atoms with Crippen molar-refractivity contribution in [3.8, 4) is 0 Å². The quantitative estimate of drug-likeness (QED) is 0.325. The van der Waals surface area contributed by atoms with Crippen molar-refractivity contribution in [2.45, 2.75) is 70.5 Å². The van der Waals surface area contributed by atoms with Gasteiger partial charge in [0.1, 0.15) is 12.6 Å². The first-order chi connectivity index (χ1) is 19.8. The predicted octanol–water partition coefficient (Wildman–Crippen LogP) is 5.10. The van der Waals surface area contributed by atoms with Crippen molar-refractivity contribution in [3.63, 3.8) is 0 Å². The summed E-state index contributed by atoms with van der Waals surface area (Å²) >= 11 is 0. The van der Waals surface area contributed by atoms with Gasteiger partial charge < -0.3 is 10.2 Å². The summed E-state index contributed by atoms with van der Waals surface area (Å²) in [6.07, 6.45) is 7.21. The van der Waals surface area contributed by atoms with Crippen LogP contribution >= 0.6 is 0 Å². The van der Waals surface area contributed by atoms with Crippen molar-refractivity contribution in [3.05, 3.63) is 102 Å². The second-order valence-corrected chi connectivity index (χ2v) is 12.7. The van der Waals surface area contributed by atoms with Gasteiger partial charge in [-0.15, -0.1) is 0 Å². The summed E-state index contributed by atoms with van der Waals surface area (Å²) in [5.74, 6) is -0.630. The fraction of sp³-hybridized carbons (Fsp3) is 0.394. The number of hydrogen-bond donors (Lipinski definition) is 1. The third-order valence-corrected chi connectivity index (χ3v) is 8.87.